The maximum absolute atomic E-state index is 11.1. The fraction of sp³-hybridized carbons (Fsp3) is 0.200. The van der Waals surface area contributed by atoms with Crippen LogP contribution in [0.3, 0.4) is 0 Å². The van der Waals surface area contributed by atoms with Gasteiger partial charge in [0.15, 0.2) is 0 Å². The Morgan fingerprint density at radius 1 is 1.47 bits per heavy atom. The second-order valence-electron chi connectivity index (χ2n) is 2.64. The molecule has 0 bridgehead atoms. The number of carbonyl (C=O) groups is 1. The van der Waals surface area contributed by atoms with Crippen molar-refractivity contribution in [2.45, 2.75) is 11.3 Å². The minimum atomic E-state index is -0.231. The molecule has 0 radical (unpaired) electrons. The molecule has 0 atom stereocenters. The molecule has 0 spiro atoms. The molecule has 5 heteroatoms. The summed E-state index contributed by atoms with van der Waals surface area (Å²) in [6, 6.07) is 7.30. The van der Waals surface area contributed by atoms with Gasteiger partial charge in [0.2, 0.25) is 0 Å². The van der Waals surface area contributed by atoms with E-state index in [0.717, 1.165) is 22.2 Å². The number of alkyl halides is 1. The Morgan fingerprint density at radius 3 is 2.67 bits per heavy atom. The SMILES string of the molecule is N#CSc1ccc(CC(=O)OCI)cc1. The molecule has 0 fully saturated rings. The molecule has 0 aliphatic carbocycles. The van der Waals surface area contributed by atoms with E-state index in [1.54, 1.807) is 0 Å². The summed E-state index contributed by atoms with van der Waals surface area (Å²) in [4.78, 5) is 12.0. The number of hydrogen-bond acceptors (Lipinski definition) is 4. The number of nitrogens with zero attached hydrogens (tertiary/aromatic N) is 1. The fourth-order valence-electron chi connectivity index (χ4n) is 1.01. The summed E-state index contributed by atoms with van der Waals surface area (Å²) in [6.07, 6.45) is 0.278. The summed E-state index contributed by atoms with van der Waals surface area (Å²) in [6.45, 7) is 0. The van der Waals surface area contributed by atoms with E-state index in [1.165, 1.54) is 0 Å². The predicted molar refractivity (Wildman–Crippen MR) is 66.6 cm³/mol. The second kappa shape index (κ2) is 6.69. The van der Waals surface area contributed by atoms with Gasteiger partial charge in [-0.15, -0.1) is 0 Å². The Morgan fingerprint density at radius 2 is 2.13 bits per heavy atom. The first-order valence-electron chi connectivity index (χ1n) is 4.12. The van der Waals surface area contributed by atoms with E-state index in [4.69, 9.17) is 10.00 Å². The number of carbonyl (C=O) groups excluding carboxylic acids is 1. The van der Waals surface area contributed by atoms with Crippen molar-refractivity contribution < 1.29 is 9.53 Å². The summed E-state index contributed by atoms with van der Waals surface area (Å²) < 4.78 is 5.19. The summed E-state index contributed by atoms with van der Waals surface area (Å²) in [7, 11) is 0. The van der Waals surface area contributed by atoms with Gasteiger partial charge >= 0.3 is 5.97 Å². The Labute approximate surface area is 106 Å². The minimum absolute atomic E-state index is 0.231. The quantitative estimate of drug-likeness (QED) is 0.280. The van der Waals surface area contributed by atoms with Crippen LogP contribution in [0.4, 0.5) is 0 Å². The van der Waals surface area contributed by atoms with Crippen LogP contribution in [0.15, 0.2) is 29.2 Å². The van der Waals surface area contributed by atoms with Gasteiger partial charge in [-0.2, -0.15) is 5.26 Å². The molecule has 1 rings (SSSR count). The van der Waals surface area contributed by atoms with E-state index in [0.29, 0.717) is 4.61 Å². The first-order chi connectivity index (χ1) is 7.26. The molecular formula is C10H8INO2S. The highest BCUT2D eigenvalue weighted by molar-refractivity contribution is 14.1. The fourth-order valence-corrected chi connectivity index (χ4v) is 1.73. The average molecular weight is 333 g/mol. The number of halogens is 1. The van der Waals surface area contributed by atoms with Crippen LogP contribution < -0.4 is 0 Å². The Balaban J connectivity index is 2.57. The highest BCUT2D eigenvalue weighted by atomic mass is 127. The van der Waals surface area contributed by atoms with Crippen molar-refractivity contribution in [1.82, 2.24) is 0 Å². The second-order valence-corrected chi connectivity index (χ2v) is 4.12. The molecule has 0 N–H and O–H groups in total. The number of benzene rings is 1. The third-order valence-corrected chi connectivity index (χ3v) is 2.56. The number of esters is 1. The highest BCUT2D eigenvalue weighted by Gasteiger charge is 2.03. The topological polar surface area (TPSA) is 50.1 Å². The summed E-state index contributed by atoms with van der Waals surface area (Å²) in [5.74, 6) is -0.231. The number of thioether (sulfide) groups is 1. The number of nitriles is 1. The molecule has 0 aliphatic heterocycles. The zero-order valence-electron chi connectivity index (χ0n) is 7.77. The van der Waals surface area contributed by atoms with Crippen LogP contribution in [0, 0.1) is 10.7 Å². The van der Waals surface area contributed by atoms with Gasteiger partial charge in [-0.3, -0.25) is 4.79 Å². The molecule has 0 saturated carbocycles. The minimum Gasteiger partial charge on any atom is -0.455 e. The largest absolute Gasteiger partial charge is 0.455 e. The molecule has 78 valence electrons. The van der Waals surface area contributed by atoms with Gasteiger partial charge in [0.25, 0.3) is 0 Å². The lowest BCUT2D eigenvalue weighted by Crippen LogP contribution is -2.06. The van der Waals surface area contributed by atoms with E-state index in [-0.39, 0.29) is 12.4 Å². The molecule has 1 aromatic rings. The van der Waals surface area contributed by atoms with E-state index >= 15 is 0 Å². The van der Waals surface area contributed by atoms with Crippen molar-refractivity contribution in [2.24, 2.45) is 0 Å². The van der Waals surface area contributed by atoms with E-state index in [1.807, 2.05) is 52.3 Å². The van der Waals surface area contributed by atoms with Crippen LogP contribution >= 0.6 is 34.4 Å². The molecule has 0 heterocycles. The molecule has 0 saturated heterocycles. The number of rotatable bonds is 4. The smallest absolute Gasteiger partial charge is 0.311 e. The van der Waals surface area contributed by atoms with Crippen molar-refractivity contribution in [3.63, 3.8) is 0 Å². The maximum Gasteiger partial charge on any atom is 0.311 e. The Bertz CT molecular complexity index is 372. The maximum atomic E-state index is 11.1. The number of hydrogen-bond donors (Lipinski definition) is 0. The van der Waals surface area contributed by atoms with Crippen LogP contribution in [-0.2, 0) is 16.0 Å². The summed E-state index contributed by atoms with van der Waals surface area (Å²) in [5, 5.41) is 10.4. The van der Waals surface area contributed by atoms with Gasteiger partial charge in [-0.05, 0) is 52.0 Å². The molecule has 0 unspecified atom stereocenters. The average Bonchev–Trinajstić information content (AvgIpc) is 2.22. The lowest BCUT2D eigenvalue weighted by atomic mass is 10.2. The standard InChI is InChI=1S/C10H8INO2S/c11-6-14-10(13)5-8-1-3-9(4-2-8)15-7-12/h1-4H,5-6H2. The van der Waals surface area contributed by atoms with Crippen molar-refractivity contribution in [3.8, 4) is 5.40 Å². The summed E-state index contributed by atoms with van der Waals surface area (Å²) >= 11 is 3.08. The van der Waals surface area contributed by atoms with Crippen LogP contribution in [0.2, 0.25) is 0 Å². The molecule has 0 aliphatic rings. The van der Waals surface area contributed by atoms with Crippen molar-refractivity contribution >= 4 is 40.3 Å². The van der Waals surface area contributed by atoms with E-state index in [2.05, 4.69) is 0 Å². The first kappa shape index (κ1) is 12.3. The molecule has 3 nitrogen and oxygen atoms in total. The van der Waals surface area contributed by atoms with E-state index < -0.39 is 0 Å². The van der Waals surface area contributed by atoms with Gasteiger partial charge in [0.05, 0.1) is 6.42 Å². The zero-order valence-corrected chi connectivity index (χ0v) is 10.7. The van der Waals surface area contributed by atoms with Crippen molar-refractivity contribution in [3.05, 3.63) is 29.8 Å². The van der Waals surface area contributed by atoms with Gasteiger partial charge in [-0.25, -0.2) is 0 Å². The number of thiocyanates is 1. The molecule has 0 amide bonds. The third kappa shape index (κ3) is 4.53. The summed E-state index contributed by atoms with van der Waals surface area (Å²) in [5.41, 5.74) is 0.895. The molecular weight excluding hydrogens is 325 g/mol. The molecule has 1 aromatic carbocycles. The molecule has 15 heavy (non-hydrogen) atoms. The number of ether oxygens (including phenoxy) is 1. The third-order valence-electron chi connectivity index (χ3n) is 1.65. The predicted octanol–water partition coefficient (Wildman–Crippen LogP) is 2.74. The van der Waals surface area contributed by atoms with Crippen molar-refractivity contribution in [2.75, 3.05) is 4.61 Å². The van der Waals surface area contributed by atoms with Crippen LogP contribution in [0.1, 0.15) is 5.56 Å². The van der Waals surface area contributed by atoms with E-state index in [9.17, 15) is 4.79 Å². The first-order valence-corrected chi connectivity index (χ1v) is 6.47. The lowest BCUT2D eigenvalue weighted by molar-refractivity contribution is -0.140. The van der Waals surface area contributed by atoms with Crippen molar-refractivity contribution in [1.29, 1.82) is 5.26 Å². The van der Waals surface area contributed by atoms with Gasteiger partial charge < -0.3 is 4.74 Å². The van der Waals surface area contributed by atoms with Gasteiger partial charge in [0, 0.05) is 4.90 Å². The zero-order chi connectivity index (χ0) is 11.1. The highest BCUT2D eigenvalue weighted by Crippen LogP contribution is 2.17. The Kier molecular flexibility index (Phi) is 5.50. The monoisotopic (exact) mass is 333 g/mol. The van der Waals surface area contributed by atoms with Crippen LogP contribution in [-0.4, -0.2) is 10.6 Å². The lowest BCUT2D eigenvalue weighted by Gasteiger charge is -2.01. The van der Waals surface area contributed by atoms with Crippen LogP contribution in [0.5, 0.6) is 0 Å². The Hall–Kier alpha value is -0.740. The van der Waals surface area contributed by atoms with Crippen LogP contribution in [0.25, 0.3) is 0 Å². The molecule has 0 aromatic heterocycles. The van der Waals surface area contributed by atoms with Gasteiger partial charge in [0.1, 0.15) is 10.0 Å². The normalized spacial score (nSPS) is 9.33. The van der Waals surface area contributed by atoms with Gasteiger partial charge in [-0.1, -0.05) is 12.1 Å².